The first-order valence-corrected chi connectivity index (χ1v) is 7.91. The van der Waals surface area contributed by atoms with Crippen molar-refractivity contribution in [2.75, 3.05) is 0 Å². The maximum absolute atomic E-state index is 5.34. The fourth-order valence-electron chi connectivity index (χ4n) is 2.54. The number of hydrogen-bond acceptors (Lipinski definition) is 4. The molecule has 0 amide bonds. The van der Waals surface area contributed by atoms with Gasteiger partial charge in [0, 0.05) is 19.0 Å². The third-order valence-electron chi connectivity index (χ3n) is 4.04. The molecular formula is C17H23N3O. The van der Waals surface area contributed by atoms with Crippen LogP contribution in [0.3, 0.4) is 0 Å². The van der Waals surface area contributed by atoms with Crippen LogP contribution in [0.5, 0.6) is 0 Å². The van der Waals surface area contributed by atoms with Crippen molar-refractivity contribution < 1.29 is 4.52 Å². The van der Waals surface area contributed by atoms with Crippen LogP contribution in [0.4, 0.5) is 0 Å². The van der Waals surface area contributed by atoms with E-state index in [2.05, 4.69) is 46.2 Å². The van der Waals surface area contributed by atoms with Gasteiger partial charge in [0.1, 0.15) is 0 Å². The molecule has 1 aliphatic carbocycles. The second kappa shape index (κ2) is 6.39. The molecule has 3 rings (SSSR count). The molecule has 1 aromatic carbocycles. The summed E-state index contributed by atoms with van der Waals surface area (Å²) in [6, 6.07) is 9.59. The van der Waals surface area contributed by atoms with Crippen molar-refractivity contribution in [1.29, 1.82) is 0 Å². The summed E-state index contributed by atoms with van der Waals surface area (Å²) in [5, 5.41) is 3.98. The highest BCUT2D eigenvalue weighted by atomic mass is 16.5. The Morgan fingerprint density at radius 1 is 1.05 bits per heavy atom. The molecule has 0 saturated heterocycles. The summed E-state index contributed by atoms with van der Waals surface area (Å²) >= 11 is 0. The van der Waals surface area contributed by atoms with E-state index in [1.54, 1.807) is 0 Å². The smallest absolute Gasteiger partial charge is 0.240 e. The molecule has 1 aromatic heterocycles. The second-order valence-electron chi connectivity index (χ2n) is 5.76. The minimum absolute atomic E-state index is 0.674. The Morgan fingerprint density at radius 2 is 1.76 bits per heavy atom. The molecule has 1 heterocycles. The third kappa shape index (κ3) is 3.70. The van der Waals surface area contributed by atoms with E-state index in [1.807, 2.05) is 6.92 Å². The average molecular weight is 285 g/mol. The molecule has 0 radical (unpaired) electrons. The summed E-state index contributed by atoms with van der Waals surface area (Å²) in [4.78, 5) is 6.88. The Labute approximate surface area is 126 Å². The van der Waals surface area contributed by atoms with E-state index in [0.717, 1.165) is 37.6 Å². The third-order valence-corrected chi connectivity index (χ3v) is 4.04. The number of aromatic nitrogens is 2. The van der Waals surface area contributed by atoms with Crippen LogP contribution in [0.15, 0.2) is 28.8 Å². The lowest BCUT2D eigenvalue weighted by molar-refractivity contribution is 0.209. The van der Waals surface area contributed by atoms with Gasteiger partial charge in [-0.1, -0.05) is 43.3 Å². The molecule has 0 aliphatic heterocycles. The van der Waals surface area contributed by atoms with Crippen molar-refractivity contribution in [1.82, 2.24) is 15.0 Å². The average Bonchev–Trinajstić information content (AvgIpc) is 3.27. The topological polar surface area (TPSA) is 42.2 Å². The molecule has 0 unspecified atom stereocenters. The predicted octanol–water partition coefficient (Wildman–Crippen LogP) is 3.36. The van der Waals surface area contributed by atoms with Gasteiger partial charge >= 0.3 is 0 Å². The highest BCUT2D eigenvalue weighted by Gasteiger charge is 2.30. The minimum Gasteiger partial charge on any atom is -0.338 e. The molecule has 112 valence electrons. The standard InChI is InChI=1S/C17H23N3O/c1-3-13-5-7-14(8-6-13)11-20(15-9-10-15)12-17-18-16(4-2)19-21-17/h5-8,15H,3-4,9-12H2,1-2H3. The molecule has 0 atom stereocenters. The Kier molecular flexibility index (Phi) is 4.34. The monoisotopic (exact) mass is 285 g/mol. The van der Waals surface area contributed by atoms with Crippen LogP contribution in [0.2, 0.25) is 0 Å². The summed E-state index contributed by atoms with van der Waals surface area (Å²) in [5.41, 5.74) is 2.75. The summed E-state index contributed by atoms with van der Waals surface area (Å²) in [6.07, 6.45) is 4.48. The van der Waals surface area contributed by atoms with Crippen molar-refractivity contribution >= 4 is 0 Å². The number of aryl methyl sites for hydroxylation is 2. The van der Waals surface area contributed by atoms with Gasteiger partial charge in [0.2, 0.25) is 5.89 Å². The highest BCUT2D eigenvalue weighted by Crippen LogP contribution is 2.29. The molecule has 0 spiro atoms. The lowest BCUT2D eigenvalue weighted by Gasteiger charge is -2.20. The largest absolute Gasteiger partial charge is 0.338 e. The Balaban J connectivity index is 1.66. The molecule has 21 heavy (non-hydrogen) atoms. The quantitative estimate of drug-likeness (QED) is 0.782. The SMILES string of the molecule is CCc1ccc(CN(Cc2nc(CC)no2)C2CC2)cc1. The van der Waals surface area contributed by atoms with Gasteiger partial charge in [-0.2, -0.15) is 4.98 Å². The van der Waals surface area contributed by atoms with E-state index in [0.29, 0.717) is 6.04 Å². The van der Waals surface area contributed by atoms with Gasteiger partial charge in [0.05, 0.1) is 6.54 Å². The lowest BCUT2D eigenvalue weighted by atomic mass is 10.1. The zero-order valence-corrected chi connectivity index (χ0v) is 12.9. The second-order valence-corrected chi connectivity index (χ2v) is 5.76. The normalized spacial score (nSPS) is 14.8. The van der Waals surface area contributed by atoms with E-state index in [-0.39, 0.29) is 0 Å². The number of hydrogen-bond donors (Lipinski definition) is 0. The highest BCUT2D eigenvalue weighted by molar-refractivity contribution is 5.22. The minimum atomic E-state index is 0.674. The summed E-state index contributed by atoms with van der Waals surface area (Å²) in [7, 11) is 0. The van der Waals surface area contributed by atoms with Crippen molar-refractivity contribution in [2.45, 2.75) is 58.7 Å². The molecule has 1 fully saturated rings. The van der Waals surface area contributed by atoms with E-state index >= 15 is 0 Å². The number of nitrogens with zero attached hydrogens (tertiary/aromatic N) is 3. The lowest BCUT2D eigenvalue weighted by Crippen LogP contribution is -2.25. The van der Waals surface area contributed by atoms with Gasteiger partial charge in [0.25, 0.3) is 0 Å². The Hall–Kier alpha value is -1.68. The molecule has 1 saturated carbocycles. The van der Waals surface area contributed by atoms with Gasteiger partial charge in [-0.3, -0.25) is 4.90 Å². The first-order chi connectivity index (χ1) is 10.3. The van der Waals surface area contributed by atoms with Gasteiger partial charge in [-0.15, -0.1) is 0 Å². The molecule has 1 aliphatic rings. The van der Waals surface area contributed by atoms with Gasteiger partial charge < -0.3 is 4.52 Å². The van der Waals surface area contributed by atoms with Crippen molar-refractivity contribution in [2.24, 2.45) is 0 Å². The summed E-state index contributed by atoms with van der Waals surface area (Å²) < 4.78 is 5.34. The summed E-state index contributed by atoms with van der Waals surface area (Å²) in [5.74, 6) is 1.54. The van der Waals surface area contributed by atoms with Crippen molar-refractivity contribution in [3.8, 4) is 0 Å². The molecule has 0 N–H and O–H groups in total. The molecule has 4 nitrogen and oxygen atoms in total. The van der Waals surface area contributed by atoms with Crippen LogP contribution < -0.4 is 0 Å². The van der Waals surface area contributed by atoms with E-state index in [9.17, 15) is 0 Å². The van der Waals surface area contributed by atoms with Crippen molar-refractivity contribution in [3.63, 3.8) is 0 Å². The van der Waals surface area contributed by atoms with Crippen LogP contribution in [0, 0.1) is 0 Å². The van der Waals surface area contributed by atoms with Crippen LogP contribution in [-0.2, 0) is 25.9 Å². The predicted molar refractivity (Wildman–Crippen MR) is 81.8 cm³/mol. The molecular weight excluding hydrogens is 262 g/mol. The van der Waals surface area contributed by atoms with E-state index in [4.69, 9.17) is 4.52 Å². The maximum atomic E-state index is 5.34. The van der Waals surface area contributed by atoms with E-state index in [1.165, 1.54) is 24.0 Å². The van der Waals surface area contributed by atoms with Gasteiger partial charge in [-0.25, -0.2) is 0 Å². The van der Waals surface area contributed by atoms with Crippen LogP contribution in [0.25, 0.3) is 0 Å². The first kappa shape index (κ1) is 14.3. The van der Waals surface area contributed by atoms with Gasteiger partial charge in [0.15, 0.2) is 5.82 Å². The zero-order chi connectivity index (χ0) is 14.7. The maximum Gasteiger partial charge on any atom is 0.240 e. The Bertz CT molecular complexity index is 572. The van der Waals surface area contributed by atoms with Crippen LogP contribution >= 0.6 is 0 Å². The van der Waals surface area contributed by atoms with E-state index < -0.39 is 0 Å². The number of benzene rings is 1. The molecule has 2 aromatic rings. The van der Waals surface area contributed by atoms with Crippen LogP contribution in [0.1, 0.15) is 49.5 Å². The zero-order valence-electron chi connectivity index (χ0n) is 12.9. The van der Waals surface area contributed by atoms with Crippen LogP contribution in [-0.4, -0.2) is 21.1 Å². The fourth-order valence-corrected chi connectivity index (χ4v) is 2.54. The number of rotatable bonds is 7. The molecule has 4 heteroatoms. The fraction of sp³-hybridized carbons (Fsp3) is 0.529. The summed E-state index contributed by atoms with van der Waals surface area (Å²) in [6.45, 7) is 5.95. The van der Waals surface area contributed by atoms with Gasteiger partial charge in [-0.05, 0) is 30.4 Å². The Morgan fingerprint density at radius 3 is 2.33 bits per heavy atom. The molecule has 0 bridgehead atoms. The van der Waals surface area contributed by atoms with Crippen molar-refractivity contribution in [3.05, 3.63) is 47.1 Å². The first-order valence-electron chi connectivity index (χ1n) is 7.91.